The van der Waals surface area contributed by atoms with Gasteiger partial charge in [-0.25, -0.2) is 0 Å². The maximum absolute atomic E-state index is 7.39. The van der Waals surface area contributed by atoms with Crippen LogP contribution in [0.25, 0.3) is 10.8 Å². The van der Waals surface area contributed by atoms with Crippen molar-refractivity contribution in [3.05, 3.63) is 65.5 Å². The highest BCUT2D eigenvalue weighted by Crippen LogP contribution is 2.69. The summed E-state index contributed by atoms with van der Waals surface area (Å²) in [5, 5.41) is 2.53. The number of rotatable bonds is 5. The largest absolute Gasteiger partial charge is 0.382 e. The first-order valence-electron chi connectivity index (χ1n) is 13.6. The summed E-state index contributed by atoms with van der Waals surface area (Å²) in [6, 6.07) is 9.17. The first-order chi connectivity index (χ1) is 17.1. The number of allylic oxidation sites excluding steroid dienone is 1. The average Bonchev–Trinajstić information content (AvgIpc) is 3.39. The molecule has 2 aromatic rings. The molecule has 4 heteroatoms. The second-order valence-corrected chi connectivity index (χ2v) is 11.9. The molecule has 3 fully saturated rings. The Bertz CT molecular complexity index is 1220. The van der Waals surface area contributed by atoms with Crippen molar-refractivity contribution in [2.75, 3.05) is 20.3 Å². The average molecular weight is 472 g/mol. The molecule has 3 aliphatic carbocycles. The number of aromatic nitrogens is 1. The second kappa shape index (κ2) is 7.99. The van der Waals surface area contributed by atoms with Gasteiger partial charge in [0.25, 0.3) is 0 Å². The molecule has 0 N–H and O–H groups in total. The van der Waals surface area contributed by atoms with Crippen LogP contribution in [0.1, 0.15) is 69.8 Å². The number of nitrogens with zero attached hydrogens (tertiary/aromatic N) is 1. The Balaban J connectivity index is 1.21. The zero-order valence-electron chi connectivity index (χ0n) is 21.1. The molecule has 1 aromatic carbocycles. The molecule has 1 aromatic heterocycles. The second-order valence-electron chi connectivity index (χ2n) is 11.9. The van der Waals surface area contributed by atoms with E-state index in [-0.39, 0.29) is 22.7 Å². The van der Waals surface area contributed by atoms with Gasteiger partial charge < -0.3 is 14.2 Å². The van der Waals surface area contributed by atoms with Crippen molar-refractivity contribution in [2.45, 2.75) is 81.5 Å². The molecular formula is C31H37NO3. The van der Waals surface area contributed by atoms with E-state index in [1.165, 1.54) is 40.3 Å². The molecule has 1 saturated heterocycles. The topological polar surface area (TPSA) is 40.6 Å². The van der Waals surface area contributed by atoms with Gasteiger partial charge in [-0.15, -0.1) is 0 Å². The van der Waals surface area contributed by atoms with Crippen LogP contribution in [0.2, 0.25) is 0 Å². The van der Waals surface area contributed by atoms with Crippen LogP contribution in [0, 0.1) is 11.3 Å². The molecule has 2 aliphatic heterocycles. The van der Waals surface area contributed by atoms with E-state index in [9.17, 15) is 0 Å². The summed E-state index contributed by atoms with van der Waals surface area (Å²) in [5.41, 5.74) is 4.50. The summed E-state index contributed by atoms with van der Waals surface area (Å²) in [5.74, 6) is 1.13. The van der Waals surface area contributed by atoms with E-state index in [0.29, 0.717) is 25.0 Å². The fourth-order valence-electron chi connectivity index (χ4n) is 8.67. The van der Waals surface area contributed by atoms with E-state index in [4.69, 9.17) is 14.2 Å². The molecule has 2 spiro atoms. The monoisotopic (exact) mass is 471 g/mol. The van der Waals surface area contributed by atoms with Crippen LogP contribution in [0.5, 0.6) is 0 Å². The van der Waals surface area contributed by atoms with Crippen molar-refractivity contribution in [2.24, 2.45) is 11.3 Å². The zero-order valence-corrected chi connectivity index (χ0v) is 21.1. The number of ether oxygens (including phenoxy) is 3. The fourth-order valence-corrected chi connectivity index (χ4v) is 8.67. The number of hydrogen-bond donors (Lipinski definition) is 0. The molecule has 7 rings (SSSR count). The molecule has 184 valence electrons. The lowest BCUT2D eigenvalue weighted by molar-refractivity contribution is -0.150. The van der Waals surface area contributed by atoms with Crippen molar-refractivity contribution in [1.82, 2.24) is 4.98 Å². The van der Waals surface area contributed by atoms with Crippen LogP contribution in [0.4, 0.5) is 0 Å². The molecule has 0 amide bonds. The third-order valence-corrected chi connectivity index (χ3v) is 10.3. The molecule has 4 nitrogen and oxygen atoms in total. The van der Waals surface area contributed by atoms with Gasteiger partial charge in [-0.05, 0) is 96.4 Å². The van der Waals surface area contributed by atoms with Crippen LogP contribution in [0.3, 0.4) is 0 Å². The Morgan fingerprint density at radius 1 is 1.09 bits per heavy atom. The van der Waals surface area contributed by atoms with Gasteiger partial charge in [0.15, 0.2) is 0 Å². The molecule has 6 atom stereocenters. The molecule has 35 heavy (non-hydrogen) atoms. The minimum Gasteiger partial charge on any atom is -0.382 e. The number of benzene rings is 1. The number of fused-ring (bicyclic) bond motifs is 2. The number of methoxy groups -OCH3 is 1. The SMILES string of the molecule is COCCO[C@@H]1CCC2=CC3=CC[C@]4(C)[C@@H](c5ccc6ccncc6c5)CC[C@H]4[C@@]34CCC2(C1)O4. The minimum absolute atomic E-state index is 0.113. The van der Waals surface area contributed by atoms with Gasteiger partial charge >= 0.3 is 0 Å². The van der Waals surface area contributed by atoms with Crippen molar-refractivity contribution < 1.29 is 14.2 Å². The fraction of sp³-hybridized carbons (Fsp3) is 0.581. The van der Waals surface area contributed by atoms with Gasteiger partial charge in [-0.1, -0.05) is 31.2 Å². The van der Waals surface area contributed by atoms with Crippen molar-refractivity contribution in [3.63, 3.8) is 0 Å². The highest BCUT2D eigenvalue weighted by Gasteiger charge is 2.66. The number of pyridine rings is 1. The normalized spacial score (nSPS) is 39.5. The Morgan fingerprint density at radius 3 is 2.94 bits per heavy atom. The quantitative estimate of drug-likeness (QED) is 0.466. The van der Waals surface area contributed by atoms with Crippen molar-refractivity contribution >= 4 is 10.8 Å². The lowest BCUT2D eigenvalue weighted by Gasteiger charge is -2.54. The van der Waals surface area contributed by atoms with Crippen molar-refractivity contribution in [1.29, 1.82) is 0 Å². The minimum atomic E-state index is -0.113. The predicted octanol–water partition coefficient (Wildman–Crippen LogP) is 6.51. The summed E-state index contributed by atoms with van der Waals surface area (Å²) in [6.45, 7) is 3.89. The van der Waals surface area contributed by atoms with Gasteiger partial charge in [0.2, 0.25) is 0 Å². The van der Waals surface area contributed by atoms with Crippen molar-refractivity contribution in [3.8, 4) is 0 Å². The van der Waals surface area contributed by atoms with Gasteiger partial charge in [0, 0.05) is 31.3 Å². The lowest BCUT2D eigenvalue weighted by atomic mass is 9.58. The van der Waals surface area contributed by atoms with Crippen LogP contribution in [0.15, 0.2) is 60.0 Å². The third kappa shape index (κ3) is 3.19. The van der Waals surface area contributed by atoms with Gasteiger partial charge in [0.1, 0.15) is 0 Å². The highest BCUT2D eigenvalue weighted by atomic mass is 16.5. The van der Waals surface area contributed by atoms with Gasteiger partial charge in [-0.2, -0.15) is 0 Å². The van der Waals surface area contributed by atoms with E-state index >= 15 is 0 Å². The summed E-state index contributed by atoms with van der Waals surface area (Å²) < 4.78 is 18.8. The van der Waals surface area contributed by atoms with Crippen LogP contribution < -0.4 is 0 Å². The van der Waals surface area contributed by atoms with Crippen LogP contribution >= 0.6 is 0 Å². The van der Waals surface area contributed by atoms with E-state index in [1.807, 2.05) is 12.4 Å². The summed E-state index contributed by atoms with van der Waals surface area (Å²) in [4.78, 5) is 4.38. The Morgan fingerprint density at radius 2 is 2.03 bits per heavy atom. The van der Waals surface area contributed by atoms with Gasteiger partial charge in [0.05, 0.1) is 30.5 Å². The molecule has 1 unspecified atom stereocenters. The van der Waals surface area contributed by atoms with E-state index in [2.05, 4.69) is 48.3 Å². The Labute approximate surface area is 208 Å². The smallest absolute Gasteiger partial charge is 0.0974 e. The Kier molecular flexibility index (Phi) is 5.07. The molecule has 2 saturated carbocycles. The predicted molar refractivity (Wildman–Crippen MR) is 137 cm³/mol. The summed E-state index contributed by atoms with van der Waals surface area (Å²) in [7, 11) is 1.74. The third-order valence-electron chi connectivity index (χ3n) is 10.3. The van der Waals surface area contributed by atoms with Crippen LogP contribution in [-0.2, 0) is 14.2 Å². The highest BCUT2D eigenvalue weighted by molar-refractivity contribution is 5.82. The molecule has 5 aliphatic rings. The summed E-state index contributed by atoms with van der Waals surface area (Å²) in [6.07, 6.45) is 18.4. The van der Waals surface area contributed by atoms with Crippen LogP contribution in [-0.4, -0.2) is 42.6 Å². The van der Waals surface area contributed by atoms with E-state index in [0.717, 1.165) is 38.5 Å². The first-order valence-corrected chi connectivity index (χ1v) is 13.6. The number of hydrogen-bond acceptors (Lipinski definition) is 4. The Hall–Kier alpha value is -2.01. The van der Waals surface area contributed by atoms with Gasteiger partial charge in [-0.3, -0.25) is 4.98 Å². The first kappa shape index (κ1) is 22.2. The maximum atomic E-state index is 7.39. The molecule has 0 radical (unpaired) electrons. The summed E-state index contributed by atoms with van der Waals surface area (Å²) >= 11 is 0. The van der Waals surface area contributed by atoms with E-state index < -0.39 is 0 Å². The molecule has 2 bridgehead atoms. The maximum Gasteiger partial charge on any atom is 0.0974 e. The molecular weight excluding hydrogens is 434 g/mol. The standard InChI is InChI=1S/C31H37NO3/c1-29-11-9-25-18-24-5-6-26(34-16-15-33-2)19-30(24)12-13-31(25,35-30)28(29)8-7-27(29)22-4-3-21-10-14-32-20-23(21)17-22/h3-4,9-10,14,17-18,20,26-28H,5-8,11-13,15-16,19H2,1-2H3/t26-,27-,28-,29-,30?,31-/m1/s1. The zero-order chi connectivity index (χ0) is 23.7. The van der Waals surface area contributed by atoms with E-state index in [1.54, 1.807) is 7.11 Å². The lowest BCUT2D eigenvalue weighted by Crippen LogP contribution is -2.54. The molecule has 3 heterocycles.